The first-order valence-corrected chi connectivity index (χ1v) is 8.87. The van der Waals surface area contributed by atoms with Crippen molar-refractivity contribution in [3.63, 3.8) is 0 Å². The maximum atomic E-state index is 13.1. The molecule has 1 atom stereocenters. The van der Waals surface area contributed by atoms with E-state index in [1.807, 2.05) is 4.90 Å². The summed E-state index contributed by atoms with van der Waals surface area (Å²) in [6.07, 6.45) is 0.881. The molecule has 2 amide bonds. The molecule has 0 saturated carbocycles. The van der Waals surface area contributed by atoms with Crippen LogP contribution in [0.5, 0.6) is 0 Å². The Labute approximate surface area is 149 Å². The SMILES string of the molecule is CNC(=O)CCN1CCC(=O)N(Cc2ccc(F)cc2)[C@H](C(C)C)C1. The van der Waals surface area contributed by atoms with Gasteiger partial charge in [-0.25, -0.2) is 4.39 Å². The highest BCUT2D eigenvalue weighted by molar-refractivity contribution is 5.77. The van der Waals surface area contributed by atoms with Gasteiger partial charge in [-0.2, -0.15) is 0 Å². The third kappa shape index (κ3) is 5.53. The molecule has 1 N–H and O–H groups in total. The first-order chi connectivity index (χ1) is 11.9. The van der Waals surface area contributed by atoms with Crippen LogP contribution >= 0.6 is 0 Å². The van der Waals surface area contributed by atoms with E-state index in [0.717, 1.165) is 12.1 Å². The van der Waals surface area contributed by atoms with Gasteiger partial charge in [0.1, 0.15) is 5.82 Å². The Morgan fingerprint density at radius 2 is 2.00 bits per heavy atom. The van der Waals surface area contributed by atoms with Crippen LogP contribution in [0.3, 0.4) is 0 Å². The molecule has 5 nitrogen and oxygen atoms in total. The molecule has 1 fully saturated rings. The van der Waals surface area contributed by atoms with Crippen molar-refractivity contribution < 1.29 is 14.0 Å². The van der Waals surface area contributed by atoms with Crippen molar-refractivity contribution >= 4 is 11.8 Å². The fourth-order valence-corrected chi connectivity index (χ4v) is 3.19. The van der Waals surface area contributed by atoms with Crippen LogP contribution in [-0.2, 0) is 16.1 Å². The van der Waals surface area contributed by atoms with Gasteiger partial charge in [0.05, 0.1) is 0 Å². The lowest BCUT2D eigenvalue weighted by Crippen LogP contribution is -2.46. The second-order valence-corrected chi connectivity index (χ2v) is 6.93. The smallest absolute Gasteiger partial charge is 0.224 e. The summed E-state index contributed by atoms with van der Waals surface area (Å²) in [5, 5.41) is 2.64. The van der Waals surface area contributed by atoms with Crippen LogP contribution < -0.4 is 5.32 Å². The highest BCUT2D eigenvalue weighted by Crippen LogP contribution is 2.21. The van der Waals surface area contributed by atoms with Gasteiger partial charge in [0.15, 0.2) is 0 Å². The minimum Gasteiger partial charge on any atom is -0.359 e. The third-order valence-electron chi connectivity index (χ3n) is 4.78. The maximum Gasteiger partial charge on any atom is 0.224 e. The van der Waals surface area contributed by atoms with Crippen molar-refractivity contribution in [3.8, 4) is 0 Å². The first kappa shape index (κ1) is 19.4. The van der Waals surface area contributed by atoms with Gasteiger partial charge < -0.3 is 15.1 Å². The topological polar surface area (TPSA) is 52.7 Å². The van der Waals surface area contributed by atoms with Crippen molar-refractivity contribution in [3.05, 3.63) is 35.6 Å². The molecular formula is C19H28FN3O2. The van der Waals surface area contributed by atoms with E-state index in [4.69, 9.17) is 0 Å². The summed E-state index contributed by atoms with van der Waals surface area (Å²) in [5.74, 6) is 0.155. The number of carbonyl (C=O) groups is 2. The Kier molecular flexibility index (Phi) is 6.93. The highest BCUT2D eigenvalue weighted by atomic mass is 19.1. The van der Waals surface area contributed by atoms with E-state index in [-0.39, 0.29) is 23.7 Å². The van der Waals surface area contributed by atoms with Crippen molar-refractivity contribution in [2.45, 2.75) is 39.3 Å². The molecule has 0 bridgehead atoms. The lowest BCUT2D eigenvalue weighted by molar-refractivity contribution is -0.134. The zero-order chi connectivity index (χ0) is 18.4. The highest BCUT2D eigenvalue weighted by Gasteiger charge is 2.31. The molecule has 138 valence electrons. The summed E-state index contributed by atoms with van der Waals surface area (Å²) in [4.78, 5) is 28.3. The standard InChI is InChI=1S/C19H28FN3O2/c1-14(2)17-13-22(10-8-18(24)21-3)11-9-19(25)23(17)12-15-4-6-16(20)7-5-15/h4-7,14,17H,8-13H2,1-3H3,(H,21,24)/t17-/m0/s1. The van der Waals surface area contributed by atoms with Gasteiger partial charge in [-0.15, -0.1) is 0 Å². The van der Waals surface area contributed by atoms with Crippen molar-refractivity contribution in [2.24, 2.45) is 5.92 Å². The lowest BCUT2D eigenvalue weighted by Gasteiger charge is -2.35. The Morgan fingerprint density at radius 3 is 2.60 bits per heavy atom. The Balaban J connectivity index is 2.10. The maximum absolute atomic E-state index is 13.1. The number of benzene rings is 1. The summed E-state index contributed by atoms with van der Waals surface area (Å²) in [5.41, 5.74) is 0.930. The normalized spacial score (nSPS) is 19.2. The molecule has 1 aromatic rings. The monoisotopic (exact) mass is 349 g/mol. The van der Waals surface area contributed by atoms with E-state index in [2.05, 4.69) is 24.1 Å². The van der Waals surface area contributed by atoms with Crippen molar-refractivity contribution in [1.82, 2.24) is 15.1 Å². The molecule has 2 rings (SSSR count). The average Bonchev–Trinajstić information content (AvgIpc) is 2.75. The van der Waals surface area contributed by atoms with Gasteiger partial charge in [0.25, 0.3) is 0 Å². The summed E-state index contributed by atoms with van der Waals surface area (Å²) >= 11 is 0. The Hall–Kier alpha value is -1.95. The second kappa shape index (κ2) is 8.94. The van der Waals surface area contributed by atoms with Gasteiger partial charge in [-0.1, -0.05) is 26.0 Å². The van der Waals surface area contributed by atoms with Gasteiger partial charge in [-0.05, 0) is 23.6 Å². The Morgan fingerprint density at radius 1 is 1.32 bits per heavy atom. The fraction of sp³-hybridized carbons (Fsp3) is 0.579. The van der Waals surface area contributed by atoms with E-state index >= 15 is 0 Å². The van der Waals surface area contributed by atoms with Crippen LogP contribution in [0.1, 0.15) is 32.3 Å². The number of halogens is 1. The molecule has 0 unspecified atom stereocenters. The van der Waals surface area contributed by atoms with Gasteiger partial charge >= 0.3 is 0 Å². The van der Waals surface area contributed by atoms with Crippen LogP contribution in [0.4, 0.5) is 4.39 Å². The van der Waals surface area contributed by atoms with Crippen LogP contribution in [0.2, 0.25) is 0 Å². The van der Waals surface area contributed by atoms with E-state index < -0.39 is 0 Å². The number of amides is 2. The van der Waals surface area contributed by atoms with Crippen molar-refractivity contribution in [1.29, 1.82) is 0 Å². The minimum absolute atomic E-state index is 0.0137. The number of rotatable bonds is 6. The quantitative estimate of drug-likeness (QED) is 0.855. The van der Waals surface area contributed by atoms with Crippen LogP contribution in [0.15, 0.2) is 24.3 Å². The van der Waals surface area contributed by atoms with Crippen LogP contribution in [0.25, 0.3) is 0 Å². The molecule has 0 radical (unpaired) electrons. The molecule has 1 saturated heterocycles. The third-order valence-corrected chi connectivity index (χ3v) is 4.78. The second-order valence-electron chi connectivity index (χ2n) is 6.93. The lowest BCUT2D eigenvalue weighted by atomic mass is 10.0. The molecule has 0 spiro atoms. The molecule has 1 aliphatic rings. The van der Waals surface area contributed by atoms with E-state index in [1.165, 1.54) is 12.1 Å². The molecule has 0 aromatic heterocycles. The number of nitrogens with zero attached hydrogens (tertiary/aromatic N) is 2. The zero-order valence-corrected chi connectivity index (χ0v) is 15.3. The number of carbonyl (C=O) groups excluding carboxylic acids is 2. The fourth-order valence-electron chi connectivity index (χ4n) is 3.19. The molecule has 1 heterocycles. The van der Waals surface area contributed by atoms with Gasteiger partial charge in [0, 0.05) is 52.1 Å². The van der Waals surface area contributed by atoms with Gasteiger partial charge in [0.2, 0.25) is 11.8 Å². The zero-order valence-electron chi connectivity index (χ0n) is 15.3. The van der Waals surface area contributed by atoms with Crippen LogP contribution in [0, 0.1) is 11.7 Å². The molecule has 1 aliphatic heterocycles. The molecule has 25 heavy (non-hydrogen) atoms. The van der Waals surface area contributed by atoms with Crippen molar-refractivity contribution in [2.75, 3.05) is 26.7 Å². The minimum atomic E-state index is -0.272. The summed E-state index contributed by atoms with van der Waals surface area (Å²) in [6, 6.07) is 6.39. The summed E-state index contributed by atoms with van der Waals surface area (Å²) in [6.45, 7) is 6.78. The van der Waals surface area contributed by atoms with Crippen LogP contribution in [-0.4, -0.2) is 54.3 Å². The molecule has 1 aromatic carbocycles. The van der Waals surface area contributed by atoms with E-state index in [0.29, 0.717) is 38.4 Å². The number of nitrogens with one attached hydrogen (secondary N) is 1. The van der Waals surface area contributed by atoms with E-state index in [9.17, 15) is 14.0 Å². The average molecular weight is 349 g/mol. The molecule has 6 heteroatoms. The summed E-state index contributed by atoms with van der Waals surface area (Å²) < 4.78 is 13.1. The first-order valence-electron chi connectivity index (χ1n) is 8.87. The predicted octanol–water partition coefficient (Wildman–Crippen LogP) is 2.02. The number of hydrogen-bond acceptors (Lipinski definition) is 3. The predicted molar refractivity (Wildman–Crippen MR) is 95.3 cm³/mol. The summed E-state index contributed by atoms with van der Waals surface area (Å²) in [7, 11) is 1.63. The molecule has 0 aliphatic carbocycles. The Bertz CT molecular complexity index is 589. The van der Waals surface area contributed by atoms with E-state index in [1.54, 1.807) is 19.2 Å². The number of hydrogen-bond donors (Lipinski definition) is 1. The molecular weight excluding hydrogens is 321 g/mol. The largest absolute Gasteiger partial charge is 0.359 e. The van der Waals surface area contributed by atoms with Gasteiger partial charge in [-0.3, -0.25) is 9.59 Å².